The van der Waals surface area contributed by atoms with Crippen LogP contribution in [0.3, 0.4) is 0 Å². The van der Waals surface area contributed by atoms with E-state index in [1.807, 2.05) is 22.7 Å². The van der Waals surface area contributed by atoms with Crippen LogP contribution in [-0.4, -0.2) is 29.6 Å². The van der Waals surface area contributed by atoms with E-state index in [9.17, 15) is 0 Å². The van der Waals surface area contributed by atoms with Crippen molar-refractivity contribution in [1.82, 2.24) is 14.7 Å². The van der Waals surface area contributed by atoms with E-state index < -0.39 is 0 Å². The Morgan fingerprint density at radius 1 is 1.56 bits per heavy atom. The molecule has 1 aliphatic heterocycles. The Kier molecular flexibility index (Phi) is 3.14. The zero-order valence-corrected chi connectivity index (χ0v) is 11.1. The molecule has 1 unspecified atom stereocenters. The summed E-state index contributed by atoms with van der Waals surface area (Å²) in [6.07, 6.45) is 4.11. The maximum atomic E-state index is 6.17. The second-order valence-corrected chi connectivity index (χ2v) is 5.06. The number of aromatic nitrogens is 2. The van der Waals surface area contributed by atoms with Crippen LogP contribution >= 0.6 is 11.6 Å². The van der Waals surface area contributed by atoms with Crippen molar-refractivity contribution in [2.24, 2.45) is 5.92 Å². The molecule has 0 aromatic carbocycles. The van der Waals surface area contributed by atoms with Crippen LogP contribution in [0.4, 0.5) is 0 Å². The van der Waals surface area contributed by atoms with E-state index in [1.165, 1.54) is 6.42 Å². The molecule has 0 aliphatic carbocycles. The Balaban J connectivity index is 1.99. The lowest BCUT2D eigenvalue weighted by Gasteiger charge is -2.08. The predicted octanol–water partition coefficient (Wildman–Crippen LogP) is 2.15. The van der Waals surface area contributed by atoms with Gasteiger partial charge in [0, 0.05) is 6.42 Å². The van der Waals surface area contributed by atoms with Crippen LogP contribution in [0.1, 0.15) is 12.2 Å². The third kappa shape index (κ3) is 2.06. The van der Waals surface area contributed by atoms with Crippen LogP contribution in [0.5, 0.6) is 5.75 Å². The van der Waals surface area contributed by atoms with Gasteiger partial charge in [0.05, 0.1) is 18.8 Å². The molecule has 0 spiro atoms. The molecule has 2 aromatic rings. The van der Waals surface area contributed by atoms with Gasteiger partial charge in [0.1, 0.15) is 11.6 Å². The topological polar surface area (TPSA) is 38.6 Å². The summed E-state index contributed by atoms with van der Waals surface area (Å²) >= 11 is 6.17. The number of pyridine rings is 1. The fraction of sp³-hybridized carbons (Fsp3) is 0.462. The normalized spacial score (nSPS) is 19.6. The third-order valence-electron chi connectivity index (χ3n) is 3.51. The Hall–Kier alpha value is -1.26. The standard InChI is InChI=1S/C13H16ClN3O/c1-18-10-2-3-11-13(14)16-12(17(11)8-10)6-9-4-5-15-7-9/h2-3,8-9,15H,4-7H2,1H3. The van der Waals surface area contributed by atoms with Crippen LogP contribution in [0.25, 0.3) is 5.52 Å². The summed E-state index contributed by atoms with van der Waals surface area (Å²) in [5.74, 6) is 2.49. The first-order chi connectivity index (χ1) is 8.78. The third-order valence-corrected chi connectivity index (χ3v) is 3.79. The highest BCUT2D eigenvalue weighted by atomic mass is 35.5. The summed E-state index contributed by atoms with van der Waals surface area (Å²) in [6.45, 7) is 2.17. The van der Waals surface area contributed by atoms with Crippen LogP contribution < -0.4 is 10.1 Å². The molecule has 0 amide bonds. The lowest BCUT2D eigenvalue weighted by atomic mass is 10.1. The van der Waals surface area contributed by atoms with Gasteiger partial charge in [-0.3, -0.25) is 4.40 Å². The van der Waals surface area contributed by atoms with Crippen molar-refractivity contribution < 1.29 is 4.74 Å². The second kappa shape index (κ2) is 4.78. The average Bonchev–Trinajstić information content (AvgIpc) is 2.99. The second-order valence-electron chi connectivity index (χ2n) is 4.71. The predicted molar refractivity (Wildman–Crippen MR) is 71.4 cm³/mol. The van der Waals surface area contributed by atoms with Crippen molar-refractivity contribution in [3.63, 3.8) is 0 Å². The Morgan fingerprint density at radius 2 is 2.44 bits per heavy atom. The molecular weight excluding hydrogens is 250 g/mol. The molecule has 0 bridgehead atoms. The lowest BCUT2D eigenvalue weighted by molar-refractivity contribution is 0.412. The summed E-state index contributed by atoms with van der Waals surface area (Å²) in [5, 5.41) is 3.94. The SMILES string of the molecule is COc1ccc2c(Cl)nc(CC3CCNC3)n2c1. The highest BCUT2D eigenvalue weighted by Gasteiger charge is 2.19. The van der Waals surface area contributed by atoms with E-state index in [0.29, 0.717) is 11.1 Å². The van der Waals surface area contributed by atoms with Gasteiger partial charge < -0.3 is 10.1 Å². The number of hydrogen-bond donors (Lipinski definition) is 1. The number of nitrogens with one attached hydrogen (secondary N) is 1. The summed E-state index contributed by atoms with van der Waals surface area (Å²) in [6, 6.07) is 3.86. The molecule has 4 nitrogen and oxygen atoms in total. The highest BCUT2D eigenvalue weighted by molar-refractivity contribution is 6.32. The van der Waals surface area contributed by atoms with E-state index in [1.54, 1.807) is 7.11 Å². The van der Waals surface area contributed by atoms with Crippen LogP contribution in [0, 0.1) is 5.92 Å². The van der Waals surface area contributed by atoms with E-state index >= 15 is 0 Å². The number of rotatable bonds is 3. The minimum Gasteiger partial charge on any atom is -0.495 e. The molecule has 18 heavy (non-hydrogen) atoms. The Labute approximate surface area is 111 Å². The van der Waals surface area contributed by atoms with Crippen molar-refractivity contribution >= 4 is 17.1 Å². The van der Waals surface area contributed by atoms with Crippen LogP contribution in [0.15, 0.2) is 18.3 Å². The maximum absolute atomic E-state index is 6.17. The van der Waals surface area contributed by atoms with Gasteiger partial charge in [0.25, 0.3) is 0 Å². The molecule has 1 saturated heterocycles. The number of halogens is 1. The smallest absolute Gasteiger partial charge is 0.155 e. The minimum absolute atomic E-state index is 0.568. The first kappa shape index (κ1) is 11.8. The summed E-state index contributed by atoms with van der Waals surface area (Å²) in [7, 11) is 1.67. The van der Waals surface area contributed by atoms with Crippen LogP contribution in [0.2, 0.25) is 5.15 Å². The molecular formula is C13H16ClN3O. The van der Waals surface area contributed by atoms with Crippen molar-refractivity contribution in [1.29, 1.82) is 0 Å². The van der Waals surface area contributed by atoms with Gasteiger partial charge in [-0.2, -0.15) is 0 Å². The first-order valence-corrected chi connectivity index (χ1v) is 6.57. The molecule has 96 valence electrons. The number of methoxy groups -OCH3 is 1. The molecule has 1 atom stereocenters. The van der Waals surface area contributed by atoms with Crippen molar-refractivity contribution in [2.75, 3.05) is 20.2 Å². The largest absolute Gasteiger partial charge is 0.495 e. The first-order valence-electron chi connectivity index (χ1n) is 6.19. The van der Waals surface area contributed by atoms with E-state index in [-0.39, 0.29) is 0 Å². The summed E-state index contributed by atoms with van der Waals surface area (Å²) in [5.41, 5.74) is 0.943. The number of ether oxygens (including phenoxy) is 1. The molecule has 5 heteroatoms. The molecule has 3 rings (SSSR count). The number of fused-ring (bicyclic) bond motifs is 1. The van der Waals surface area contributed by atoms with Gasteiger partial charge in [-0.15, -0.1) is 0 Å². The van der Waals surface area contributed by atoms with Crippen molar-refractivity contribution in [2.45, 2.75) is 12.8 Å². The summed E-state index contributed by atoms with van der Waals surface area (Å²) < 4.78 is 7.29. The lowest BCUT2D eigenvalue weighted by Crippen LogP contribution is -2.12. The molecule has 1 fully saturated rings. The fourth-order valence-electron chi connectivity index (χ4n) is 2.50. The molecule has 1 aliphatic rings. The summed E-state index contributed by atoms with van der Waals surface area (Å²) in [4.78, 5) is 4.47. The van der Waals surface area contributed by atoms with Crippen molar-refractivity contribution in [3.05, 3.63) is 29.3 Å². The van der Waals surface area contributed by atoms with Gasteiger partial charge in [-0.1, -0.05) is 11.6 Å². The number of imidazole rings is 1. The monoisotopic (exact) mass is 265 g/mol. The quantitative estimate of drug-likeness (QED) is 0.924. The van der Waals surface area contributed by atoms with E-state index in [4.69, 9.17) is 16.3 Å². The van der Waals surface area contributed by atoms with Gasteiger partial charge in [0.2, 0.25) is 0 Å². The van der Waals surface area contributed by atoms with Gasteiger partial charge in [-0.05, 0) is 37.6 Å². The zero-order chi connectivity index (χ0) is 12.5. The molecule has 3 heterocycles. The Bertz CT molecular complexity index is 561. The van der Waals surface area contributed by atoms with E-state index in [2.05, 4.69) is 10.3 Å². The number of hydrogen-bond acceptors (Lipinski definition) is 3. The average molecular weight is 266 g/mol. The molecule has 2 aromatic heterocycles. The van der Waals surface area contributed by atoms with Gasteiger partial charge >= 0.3 is 0 Å². The number of nitrogens with zero attached hydrogens (tertiary/aromatic N) is 2. The fourth-order valence-corrected chi connectivity index (χ4v) is 2.75. The molecule has 0 radical (unpaired) electrons. The van der Waals surface area contributed by atoms with Crippen molar-refractivity contribution in [3.8, 4) is 5.75 Å². The molecule has 0 saturated carbocycles. The van der Waals surface area contributed by atoms with E-state index in [0.717, 1.165) is 36.6 Å². The minimum atomic E-state index is 0.568. The van der Waals surface area contributed by atoms with Gasteiger partial charge in [-0.25, -0.2) is 4.98 Å². The zero-order valence-electron chi connectivity index (χ0n) is 10.3. The Morgan fingerprint density at radius 3 is 3.17 bits per heavy atom. The van der Waals surface area contributed by atoms with Crippen LogP contribution in [-0.2, 0) is 6.42 Å². The van der Waals surface area contributed by atoms with Gasteiger partial charge in [0.15, 0.2) is 5.15 Å². The highest BCUT2D eigenvalue weighted by Crippen LogP contribution is 2.24. The maximum Gasteiger partial charge on any atom is 0.155 e. The molecule has 1 N–H and O–H groups in total.